The van der Waals surface area contributed by atoms with Crippen molar-refractivity contribution in [1.82, 2.24) is 0 Å². The van der Waals surface area contributed by atoms with Gasteiger partial charge in [0, 0.05) is 20.2 Å². The number of rotatable bonds is 0. The van der Waals surface area contributed by atoms with Crippen molar-refractivity contribution in [2.75, 3.05) is 0 Å². The lowest BCUT2D eigenvalue weighted by Gasteiger charge is -2.24. The van der Waals surface area contributed by atoms with Gasteiger partial charge in [0.15, 0.2) is 0 Å². The first-order valence-electron chi connectivity index (χ1n) is 4.40. The van der Waals surface area contributed by atoms with Gasteiger partial charge in [-0.2, -0.15) is 0 Å². The van der Waals surface area contributed by atoms with Crippen molar-refractivity contribution in [3.63, 3.8) is 0 Å². The molecule has 15 heavy (non-hydrogen) atoms. The second-order valence-electron chi connectivity index (χ2n) is 3.46. The molecular formula is C8H6Br2S5. The van der Waals surface area contributed by atoms with Crippen LogP contribution in [-0.2, 0) is 0 Å². The molecule has 0 N–H and O–H groups in total. The Labute approximate surface area is 127 Å². The first-order valence-corrected chi connectivity index (χ1v) is 10.0. The number of alkyl halides is 2. The van der Waals surface area contributed by atoms with Crippen LogP contribution < -0.4 is 0 Å². The third-order valence-corrected chi connectivity index (χ3v) is 12.1. The molecule has 0 aromatic carbocycles. The van der Waals surface area contributed by atoms with Crippen molar-refractivity contribution in [3.05, 3.63) is 3.14 Å². The quantitative estimate of drug-likeness (QED) is 0.406. The lowest BCUT2D eigenvalue weighted by molar-refractivity contribution is 0.922. The molecule has 4 atom stereocenters. The van der Waals surface area contributed by atoms with Gasteiger partial charge in [0.2, 0.25) is 0 Å². The van der Waals surface area contributed by atoms with Gasteiger partial charge >= 0.3 is 0 Å². The van der Waals surface area contributed by atoms with Crippen molar-refractivity contribution in [1.29, 1.82) is 0 Å². The molecule has 0 nitrogen and oxygen atoms in total. The minimum Gasteiger partial charge on any atom is -0.109 e. The van der Waals surface area contributed by atoms with Crippen LogP contribution in [0.1, 0.15) is 6.42 Å². The molecule has 1 aliphatic carbocycles. The summed E-state index contributed by atoms with van der Waals surface area (Å²) in [5, 5.41) is 1.45. The second kappa shape index (κ2) is 4.55. The summed E-state index contributed by atoms with van der Waals surface area (Å²) >= 11 is 20.4. The largest absolute Gasteiger partial charge is 0.145 e. The first-order chi connectivity index (χ1) is 7.15. The van der Waals surface area contributed by atoms with Crippen LogP contribution >= 0.6 is 90.3 Å². The molecule has 1 aliphatic heterocycles. The summed E-state index contributed by atoms with van der Waals surface area (Å²) in [6, 6.07) is 0. The maximum Gasteiger partial charge on any atom is 0.145 e. The molecule has 0 saturated heterocycles. The summed E-state index contributed by atoms with van der Waals surface area (Å²) in [6.45, 7) is 0. The van der Waals surface area contributed by atoms with Crippen molar-refractivity contribution < 1.29 is 0 Å². The number of thioether (sulfide) groups is 2. The van der Waals surface area contributed by atoms with Crippen LogP contribution in [0.3, 0.4) is 0 Å². The zero-order valence-corrected chi connectivity index (χ0v) is 14.6. The Bertz CT molecular complexity index is 438. The third kappa shape index (κ3) is 2.15. The fourth-order valence-corrected chi connectivity index (χ4v) is 11.3. The Balaban J connectivity index is 1.95. The van der Waals surface area contributed by atoms with Gasteiger partial charge in [-0.1, -0.05) is 44.1 Å². The topological polar surface area (TPSA) is 0 Å². The van der Waals surface area contributed by atoms with E-state index in [4.69, 9.17) is 12.2 Å². The van der Waals surface area contributed by atoms with Gasteiger partial charge < -0.3 is 0 Å². The molecule has 7 heteroatoms. The molecule has 0 amide bonds. The van der Waals surface area contributed by atoms with Crippen molar-refractivity contribution in [2.45, 2.75) is 35.0 Å². The summed E-state index contributed by atoms with van der Waals surface area (Å²) in [5.41, 5.74) is 0. The van der Waals surface area contributed by atoms with Crippen molar-refractivity contribution in [2.24, 2.45) is 0 Å². The Kier molecular flexibility index (Phi) is 3.64. The van der Waals surface area contributed by atoms with Gasteiger partial charge in [-0.3, -0.25) is 0 Å². The van der Waals surface area contributed by atoms with E-state index in [-0.39, 0.29) is 0 Å². The number of halogens is 2. The van der Waals surface area contributed by atoms with Crippen LogP contribution in [-0.4, -0.2) is 20.2 Å². The molecule has 0 radical (unpaired) electrons. The third-order valence-electron chi connectivity index (χ3n) is 2.50. The SMILES string of the molecule is S=c1sc2c(s1)S[C@H]1C[C@@H](Br)[C@@H](Br)[C@H]1S2. The van der Waals surface area contributed by atoms with Crippen LogP contribution in [0.5, 0.6) is 0 Å². The Morgan fingerprint density at radius 1 is 1.13 bits per heavy atom. The van der Waals surface area contributed by atoms with Crippen LogP contribution in [0.15, 0.2) is 8.42 Å². The lowest BCUT2D eigenvalue weighted by atomic mass is 10.4. The highest BCUT2D eigenvalue weighted by atomic mass is 79.9. The normalized spacial score (nSPS) is 38.8. The van der Waals surface area contributed by atoms with E-state index < -0.39 is 0 Å². The van der Waals surface area contributed by atoms with Crippen LogP contribution in [0, 0.1) is 3.14 Å². The molecule has 1 aromatic heterocycles. The average molecular weight is 422 g/mol. The predicted molar refractivity (Wildman–Crippen MR) is 82.4 cm³/mol. The van der Waals surface area contributed by atoms with E-state index in [0.29, 0.717) is 14.9 Å². The van der Waals surface area contributed by atoms with Gasteiger partial charge in [0.05, 0.1) is 8.42 Å². The van der Waals surface area contributed by atoms with Gasteiger partial charge in [-0.05, 0) is 6.42 Å². The molecule has 0 spiro atoms. The fourth-order valence-electron chi connectivity index (χ4n) is 1.81. The van der Waals surface area contributed by atoms with E-state index in [1.807, 2.05) is 23.5 Å². The summed E-state index contributed by atoms with van der Waals surface area (Å²) < 4.78 is 3.97. The van der Waals surface area contributed by atoms with E-state index in [1.165, 1.54) is 14.8 Å². The van der Waals surface area contributed by atoms with E-state index >= 15 is 0 Å². The fraction of sp³-hybridized carbons (Fsp3) is 0.625. The molecule has 1 saturated carbocycles. The molecular weight excluding hydrogens is 416 g/mol. The number of hydrogen-bond donors (Lipinski definition) is 0. The minimum absolute atomic E-state index is 0.592. The monoisotopic (exact) mass is 420 g/mol. The van der Waals surface area contributed by atoms with Crippen LogP contribution in [0.25, 0.3) is 0 Å². The van der Waals surface area contributed by atoms with E-state index in [1.54, 1.807) is 22.7 Å². The zero-order valence-electron chi connectivity index (χ0n) is 7.31. The molecule has 82 valence electrons. The molecule has 3 rings (SSSR count). The Morgan fingerprint density at radius 3 is 2.53 bits per heavy atom. The number of hydrogen-bond acceptors (Lipinski definition) is 5. The average Bonchev–Trinajstić information content (AvgIpc) is 2.65. The van der Waals surface area contributed by atoms with Gasteiger partial charge in [-0.25, -0.2) is 0 Å². The minimum atomic E-state index is 0.592. The van der Waals surface area contributed by atoms with Gasteiger partial charge in [0.25, 0.3) is 0 Å². The summed E-state index contributed by atoms with van der Waals surface area (Å²) in [5.74, 6) is 0. The first kappa shape index (κ1) is 12.0. The van der Waals surface area contributed by atoms with Crippen LogP contribution in [0.2, 0.25) is 0 Å². The van der Waals surface area contributed by atoms with E-state index in [0.717, 1.165) is 8.39 Å². The molecule has 1 aromatic rings. The lowest BCUT2D eigenvalue weighted by Crippen LogP contribution is -2.23. The van der Waals surface area contributed by atoms with E-state index in [2.05, 4.69) is 31.9 Å². The predicted octanol–water partition coefficient (Wildman–Crippen LogP) is 5.40. The molecule has 1 fully saturated rings. The van der Waals surface area contributed by atoms with Gasteiger partial charge in [-0.15, -0.1) is 46.2 Å². The van der Waals surface area contributed by atoms with Crippen LogP contribution in [0.4, 0.5) is 0 Å². The summed E-state index contributed by atoms with van der Waals surface area (Å²) in [7, 11) is 0. The molecule has 2 aliphatic rings. The summed E-state index contributed by atoms with van der Waals surface area (Å²) in [6.07, 6.45) is 1.26. The van der Waals surface area contributed by atoms with Gasteiger partial charge in [0.1, 0.15) is 3.14 Å². The Hall–Kier alpha value is 1.93. The highest BCUT2D eigenvalue weighted by Crippen LogP contribution is 2.57. The molecule has 0 bridgehead atoms. The maximum absolute atomic E-state index is 5.25. The van der Waals surface area contributed by atoms with Crippen molar-refractivity contribution >= 4 is 90.3 Å². The standard InChI is InChI=1S/C8H6Br2S5/c9-2-1-3-5(4(2)10)13-7-6(12-3)14-8(11)15-7/h2-5H,1H2/t2-,3+,4-,5+/m1/s1. The van der Waals surface area contributed by atoms with Crippen molar-refractivity contribution in [3.8, 4) is 0 Å². The second-order valence-corrected chi connectivity index (χ2v) is 11.9. The maximum atomic E-state index is 5.25. The number of fused-ring (bicyclic) bond motifs is 2. The highest BCUT2D eigenvalue weighted by molar-refractivity contribution is 9.12. The smallest absolute Gasteiger partial charge is 0.109 e. The zero-order chi connectivity index (χ0) is 10.6. The highest BCUT2D eigenvalue weighted by Gasteiger charge is 2.45. The molecule has 2 heterocycles. The Morgan fingerprint density at radius 2 is 1.80 bits per heavy atom. The summed E-state index contributed by atoms with van der Waals surface area (Å²) in [4.78, 5) is 1.21. The molecule has 0 unspecified atom stereocenters. The van der Waals surface area contributed by atoms with E-state index in [9.17, 15) is 0 Å².